The Balaban J connectivity index is 2.22. The minimum absolute atomic E-state index is 0.0585. The van der Waals surface area contributed by atoms with Crippen molar-refractivity contribution in [2.75, 3.05) is 27.9 Å². The van der Waals surface area contributed by atoms with Gasteiger partial charge in [0.1, 0.15) is 6.61 Å². The van der Waals surface area contributed by atoms with E-state index in [1.807, 2.05) is 37.3 Å². The Labute approximate surface area is 153 Å². The monoisotopic (exact) mass is 359 g/mol. The van der Waals surface area contributed by atoms with Crippen molar-refractivity contribution in [1.82, 2.24) is 0 Å². The molecule has 0 fully saturated rings. The minimum Gasteiger partial charge on any atom is -0.493 e. The highest BCUT2D eigenvalue weighted by Crippen LogP contribution is 2.38. The summed E-state index contributed by atoms with van der Waals surface area (Å²) in [4.78, 5) is 12.5. The lowest BCUT2D eigenvalue weighted by Gasteiger charge is -2.28. The summed E-state index contributed by atoms with van der Waals surface area (Å²) in [5.74, 6) is 0.675. The fourth-order valence-electron chi connectivity index (χ4n) is 2.64. The average Bonchev–Trinajstić information content (AvgIpc) is 2.71. The Morgan fingerprint density at radius 3 is 2.04 bits per heavy atom. The zero-order chi connectivity index (χ0) is 19.2. The van der Waals surface area contributed by atoms with E-state index in [1.165, 1.54) is 21.3 Å². The Hall–Kier alpha value is -2.73. The van der Waals surface area contributed by atoms with Crippen LogP contribution in [0.1, 0.15) is 29.3 Å². The molecule has 2 N–H and O–H groups in total. The van der Waals surface area contributed by atoms with Crippen LogP contribution in [0.15, 0.2) is 42.5 Å². The molecule has 0 spiro atoms. The van der Waals surface area contributed by atoms with E-state index in [0.717, 1.165) is 5.56 Å². The first kappa shape index (κ1) is 19.6. The number of hydrogen-bond donors (Lipinski definition) is 1. The maximum Gasteiger partial charge on any atom is 0.338 e. The van der Waals surface area contributed by atoms with E-state index in [4.69, 9.17) is 24.7 Å². The van der Waals surface area contributed by atoms with Crippen LogP contribution in [0.4, 0.5) is 0 Å². The number of carbonyl (C=O) groups is 1. The van der Waals surface area contributed by atoms with Crippen LogP contribution in [-0.2, 0) is 10.3 Å². The summed E-state index contributed by atoms with van der Waals surface area (Å²) in [6.07, 6.45) is 0.625. The Morgan fingerprint density at radius 1 is 1.00 bits per heavy atom. The van der Waals surface area contributed by atoms with Gasteiger partial charge in [0.15, 0.2) is 11.5 Å². The van der Waals surface area contributed by atoms with Crippen molar-refractivity contribution in [3.8, 4) is 17.2 Å². The van der Waals surface area contributed by atoms with Crippen LogP contribution in [0.2, 0.25) is 0 Å². The topological polar surface area (TPSA) is 80.0 Å². The summed E-state index contributed by atoms with van der Waals surface area (Å²) in [5.41, 5.74) is 6.92. The van der Waals surface area contributed by atoms with Crippen molar-refractivity contribution in [3.63, 3.8) is 0 Å². The summed E-state index contributed by atoms with van der Waals surface area (Å²) < 4.78 is 21.3. The van der Waals surface area contributed by atoms with Gasteiger partial charge in [0.2, 0.25) is 5.75 Å². The van der Waals surface area contributed by atoms with E-state index in [9.17, 15) is 4.79 Å². The molecule has 1 atom stereocenters. The maximum absolute atomic E-state index is 12.5. The lowest BCUT2D eigenvalue weighted by molar-refractivity contribution is 0.0397. The van der Waals surface area contributed by atoms with Gasteiger partial charge in [-0.1, -0.05) is 37.3 Å². The van der Waals surface area contributed by atoms with Gasteiger partial charge in [-0.2, -0.15) is 0 Å². The molecule has 0 amide bonds. The second-order valence-electron chi connectivity index (χ2n) is 5.87. The fraction of sp³-hybridized carbons (Fsp3) is 0.350. The van der Waals surface area contributed by atoms with Crippen molar-refractivity contribution in [2.24, 2.45) is 5.73 Å². The molecule has 0 saturated heterocycles. The molecule has 0 aliphatic heterocycles. The van der Waals surface area contributed by atoms with E-state index in [1.54, 1.807) is 12.1 Å². The van der Waals surface area contributed by atoms with Crippen LogP contribution in [0, 0.1) is 0 Å². The number of benzene rings is 2. The standard InChI is InChI=1S/C20H25NO5/c1-5-20(21,15-9-7-6-8-10-15)13-26-19(22)14-11-16(23-2)18(25-4)17(12-14)24-3/h6-12H,5,13,21H2,1-4H3/t20-/m1/s1. The van der Waals surface area contributed by atoms with Crippen LogP contribution < -0.4 is 19.9 Å². The number of hydrogen-bond acceptors (Lipinski definition) is 6. The second-order valence-corrected chi connectivity index (χ2v) is 5.87. The molecule has 0 radical (unpaired) electrons. The number of methoxy groups -OCH3 is 3. The second kappa shape index (κ2) is 8.58. The Morgan fingerprint density at radius 2 is 1.58 bits per heavy atom. The van der Waals surface area contributed by atoms with Crippen LogP contribution in [0.5, 0.6) is 17.2 Å². The number of nitrogens with two attached hydrogens (primary N) is 1. The van der Waals surface area contributed by atoms with Crippen LogP contribution in [0.25, 0.3) is 0 Å². The Kier molecular flexibility index (Phi) is 6.46. The molecule has 0 aromatic heterocycles. The van der Waals surface area contributed by atoms with Crippen molar-refractivity contribution < 1.29 is 23.7 Å². The van der Waals surface area contributed by atoms with Gasteiger partial charge in [-0.3, -0.25) is 0 Å². The molecule has 0 saturated carbocycles. The first-order chi connectivity index (χ1) is 12.5. The van der Waals surface area contributed by atoms with Crippen LogP contribution in [-0.4, -0.2) is 33.9 Å². The van der Waals surface area contributed by atoms with E-state index >= 15 is 0 Å². The molecule has 140 valence electrons. The molecule has 6 heteroatoms. The van der Waals surface area contributed by atoms with Gasteiger partial charge in [-0.15, -0.1) is 0 Å². The third kappa shape index (κ3) is 4.08. The SMILES string of the molecule is CC[C@@](N)(COC(=O)c1cc(OC)c(OC)c(OC)c1)c1ccccc1. The predicted octanol–water partition coefficient (Wildman–Crippen LogP) is 3.13. The third-order valence-electron chi connectivity index (χ3n) is 4.34. The molecule has 2 aromatic rings. The van der Waals surface area contributed by atoms with Crippen molar-refractivity contribution in [1.29, 1.82) is 0 Å². The largest absolute Gasteiger partial charge is 0.493 e. The predicted molar refractivity (Wildman–Crippen MR) is 99.0 cm³/mol. The summed E-state index contributed by atoms with van der Waals surface area (Å²) in [5, 5.41) is 0. The van der Waals surface area contributed by atoms with Crippen molar-refractivity contribution in [2.45, 2.75) is 18.9 Å². The maximum atomic E-state index is 12.5. The van der Waals surface area contributed by atoms with Crippen LogP contribution >= 0.6 is 0 Å². The van der Waals surface area contributed by atoms with E-state index in [0.29, 0.717) is 29.2 Å². The normalized spacial score (nSPS) is 12.8. The highest BCUT2D eigenvalue weighted by Gasteiger charge is 2.28. The summed E-state index contributed by atoms with van der Waals surface area (Å²) in [6.45, 7) is 2.02. The summed E-state index contributed by atoms with van der Waals surface area (Å²) in [7, 11) is 4.48. The molecule has 0 heterocycles. The number of esters is 1. The number of carbonyl (C=O) groups excluding carboxylic acids is 1. The highest BCUT2D eigenvalue weighted by atomic mass is 16.5. The summed E-state index contributed by atoms with van der Waals surface area (Å²) >= 11 is 0. The molecule has 2 rings (SSSR count). The molecule has 0 aliphatic carbocycles. The van der Waals surface area contributed by atoms with Gasteiger partial charge in [-0.05, 0) is 24.1 Å². The lowest BCUT2D eigenvalue weighted by Crippen LogP contribution is -2.41. The lowest BCUT2D eigenvalue weighted by atomic mass is 9.89. The molecule has 6 nitrogen and oxygen atoms in total. The fourth-order valence-corrected chi connectivity index (χ4v) is 2.64. The smallest absolute Gasteiger partial charge is 0.338 e. The third-order valence-corrected chi connectivity index (χ3v) is 4.34. The van der Waals surface area contributed by atoms with Gasteiger partial charge in [0, 0.05) is 0 Å². The molecule has 0 bridgehead atoms. The van der Waals surface area contributed by atoms with Crippen LogP contribution in [0.3, 0.4) is 0 Å². The average molecular weight is 359 g/mol. The van der Waals surface area contributed by atoms with Gasteiger partial charge < -0.3 is 24.7 Å². The van der Waals surface area contributed by atoms with E-state index in [-0.39, 0.29) is 6.61 Å². The summed E-state index contributed by atoms with van der Waals surface area (Å²) in [6, 6.07) is 12.7. The van der Waals surface area contributed by atoms with Crippen molar-refractivity contribution >= 4 is 5.97 Å². The van der Waals surface area contributed by atoms with Crippen molar-refractivity contribution in [3.05, 3.63) is 53.6 Å². The molecular formula is C20H25NO5. The molecular weight excluding hydrogens is 334 g/mol. The molecule has 0 unspecified atom stereocenters. The quantitative estimate of drug-likeness (QED) is 0.730. The molecule has 2 aromatic carbocycles. The Bertz CT molecular complexity index is 722. The van der Waals surface area contributed by atoms with Gasteiger partial charge in [0.05, 0.1) is 32.4 Å². The minimum atomic E-state index is -0.752. The first-order valence-electron chi connectivity index (χ1n) is 8.30. The molecule has 26 heavy (non-hydrogen) atoms. The van der Waals surface area contributed by atoms with Gasteiger partial charge >= 0.3 is 5.97 Å². The van der Waals surface area contributed by atoms with Gasteiger partial charge in [-0.25, -0.2) is 4.79 Å². The van der Waals surface area contributed by atoms with E-state index in [2.05, 4.69) is 0 Å². The highest BCUT2D eigenvalue weighted by molar-refractivity contribution is 5.91. The van der Waals surface area contributed by atoms with E-state index < -0.39 is 11.5 Å². The zero-order valence-electron chi connectivity index (χ0n) is 15.6. The number of ether oxygens (including phenoxy) is 4. The zero-order valence-corrected chi connectivity index (χ0v) is 15.6. The number of rotatable bonds is 8. The first-order valence-corrected chi connectivity index (χ1v) is 8.30. The van der Waals surface area contributed by atoms with Gasteiger partial charge in [0.25, 0.3) is 0 Å². The molecule has 0 aliphatic rings.